The lowest BCUT2D eigenvalue weighted by Gasteiger charge is -1.94. The zero-order valence-corrected chi connectivity index (χ0v) is 5.98. The van der Waals surface area contributed by atoms with Gasteiger partial charge in [0, 0.05) is 0 Å². The topological polar surface area (TPSA) is 43.4 Å². The first-order valence-corrected chi connectivity index (χ1v) is 3.57. The van der Waals surface area contributed by atoms with Crippen LogP contribution in [0.25, 0.3) is 0 Å². The van der Waals surface area contributed by atoms with Gasteiger partial charge in [-0.05, 0) is 6.92 Å². The van der Waals surface area contributed by atoms with Crippen LogP contribution in [-0.4, -0.2) is 20.4 Å². The smallest absolute Gasteiger partial charge is 0.257 e. The molecule has 0 aliphatic rings. The third-order valence-corrected chi connectivity index (χ3v) is 0.895. The quantitative estimate of drug-likeness (QED) is 0.470. The van der Waals surface area contributed by atoms with Crippen molar-refractivity contribution in [3.8, 4) is 0 Å². The average molecular weight is 159 g/mol. The largest absolute Gasteiger partial charge is 0.271 e. The van der Waals surface area contributed by atoms with Crippen molar-refractivity contribution in [1.82, 2.24) is 0 Å². The molecule has 0 saturated heterocycles. The SMILES string of the molecule is CC(Cl)CO[SH](=O)=O. The van der Waals surface area contributed by atoms with E-state index >= 15 is 0 Å². The van der Waals surface area contributed by atoms with Gasteiger partial charge in [-0.1, -0.05) is 0 Å². The third kappa shape index (κ3) is 6.20. The maximum atomic E-state index is 9.66. The van der Waals surface area contributed by atoms with Gasteiger partial charge in [0.15, 0.2) is 0 Å². The van der Waals surface area contributed by atoms with Crippen LogP contribution >= 0.6 is 11.6 Å². The van der Waals surface area contributed by atoms with Crippen LogP contribution in [0.15, 0.2) is 0 Å². The Morgan fingerprint density at radius 3 is 2.38 bits per heavy atom. The van der Waals surface area contributed by atoms with Crippen LogP contribution in [0.1, 0.15) is 6.92 Å². The van der Waals surface area contributed by atoms with Gasteiger partial charge in [-0.2, -0.15) is 0 Å². The highest BCUT2D eigenvalue weighted by Gasteiger charge is 1.94. The van der Waals surface area contributed by atoms with E-state index in [1.54, 1.807) is 6.92 Å². The number of alkyl halides is 1. The van der Waals surface area contributed by atoms with Crippen molar-refractivity contribution < 1.29 is 12.6 Å². The molecule has 0 rings (SSSR count). The summed E-state index contributed by atoms with van der Waals surface area (Å²) in [6, 6.07) is 0. The highest BCUT2D eigenvalue weighted by molar-refractivity contribution is 7.67. The summed E-state index contributed by atoms with van der Waals surface area (Å²) in [6.07, 6.45) is 0. The first-order valence-electron chi connectivity index (χ1n) is 2.04. The van der Waals surface area contributed by atoms with Gasteiger partial charge in [-0.15, -0.1) is 11.6 Å². The van der Waals surface area contributed by atoms with E-state index in [0.717, 1.165) is 0 Å². The van der Waals surface area contributed by atoms with Gasteiger partial charge in [-0.25, -0.2) is 8.42 Å². The number of thiol groups is 1. The number of hydrogen-bond donors (Lipinski definition) is 1. The Bertz CT molecular complexity index is 112. The number of hydrogen-bond acceptors (Lipinski definition) is 3. The number of halogens is 1. The highest BCUT2D eigenvalue weighted by atomic mass is 35.5. The molecule has 0 aromatic rings. The lowest BCUT2D eigenvalue weighted by atomic mass is 10.5. The van der Waals surface area contributed by atoms with Gasteiger partial charge in [0.2, 0.25) is 0 Å². The van der Waals surface area contributed by atoms with Gasteiger partial charge >= 0.3 is 0 Å². The summed E-state index contributed by atoms with van der Waals surface area (Å²) in [5.74, 6) is 0. The van der Waals surface area contributed by atoms with Gasteiger partial charge in [0.05, 0.1) is 12.0 Å². The molecule has 0 bridgehead atoms. The first kappa shape index (κ1) is 8.20. The Morgan fingerprint density at radius 1 is 1.75 bits per heavy atom. The van der Waals surface area contributed by atoms with Crippen LogP contribution in [0.3, 0.4) is 0 Å². The minimum Gasteiger partial charge on any atom is -0.271 e. The second-order valence-electron chi connectivity index (χ2n) is 1.30. The van der Waals surface area contributed by atoms with E-state index < -0.39 is 11.0 Å². The van der Waals surface area contributed by atoms with Crippen LogP contribution in [-0.2, 0) is 15.2 Å². The summed E-state index contributed by atoms with van der Waals surface area (Å²) in [6.45, 7) is 1.71. The lowest BCUT2D eigenvalue weighted by Crippen LogP contribution is -2.02. The van der Waals surface area contributed by atoms with Crippen LogP contribution < -0.4 is 0 Å². The zero-order chi connectivity index (χ0) is 6.57. The van der Waals surface area contributed by atoms with E-state index in [0.29, 0.717) is 0 Å². The first-order chi connectivity index (χ1) is 3.63. The molecule has 1 atom stereocenters. The predicted molar refractivity (Wildman–Crippen MR) is 31.6 cm³/mol. The van der Waals surface area contributed by atoms with Crippen molar-refractivity contribution in [2.45, 2.75) is 12.3 Å². The Morgan fingerprint density at radius 2 is 2.25 bits per heavy atom. The molecule has 1 unspecified atom stereocenters. The van der Waals surface area contributed by atoms with E-state index in [9.17, 15) is 8.42 Å². The normalized spacial score (nSPS) is 14.4. The summed E-state index contributed by atoms with van der Waals surface area (Å²) in [7, 11) is -2.72. The summed E-state index contributed by atoms with van der Waals surface area (Å²) in [4.78, 5) is 0. The van der Waals surface area contributed by atoms with E-state index in [1.807, 2.05) is 0 Å². The summed E-state index contributed by atoms with van der Waals surface area (Å²) in [5, 5.41) is -0.247. The maximum absolute atomic E-state index is 9.66. The molecule has 0 aromatic carbocycles. The van der Waals surface area contributed by atoms with Crippen LogP contribution in [0.4, 0.5) is 0 Å². The van der Waals surface area contributed by atoms with Crippen LogP contribution in [0.2, 0.25) is 0 Å². The fourth-order valence-corrected chi connectivity index (χ4v) is 0.660. The number of rotatable bonds is 3. The van der Waals surface area contributed by atoms with Crippen molar-refractivity contribution in [3.05, 3.63) is 0 Å². The van der Waals surface area contributed by atoms with Gasteiger partial charge in [0.1, 0.15) is 0 Å². The van der Waals surface area contributed by atoms with Gasteiger partial charge in [-0.3, -0.25) is 4.18 Å². The molecule has 0 spiro atoms. The van der Waals surface area contributed by atoms with E-state index in [2.05, 4.69) is 4.18 Å². The minimum atomic E-state index is -2.72. The Labute approximate surface area is 54.8 Å². The summed E-state index contributed by atoms with van der Waals surface area (Å²) >= 11 is 5.33. The third-order valence-electron chi connectivity index (χ3n) is 0.410. The van der Waals surface area contributed by atoms with E-state index in [4.69, 9.17) is 11.6 Å². The molecule has 50 valence electrons. The molecule has 5 heteroatoms. The fraction of sp³-hybridized carbons (Fsp3) is 1.00. The Balaban J connectivity index is 3.18. The maximum Gasteiger partial charge on any atom is 0.257 e. The van der Waals surface area contributed by atoms with Crippen molar-refractivity contribution in [2.24, 2.45) is 0 Å². The molecule has 0 saturated carbocycles. The highest BCUT2D eigenvalue weighted by Crippen LogP contribution is 1.92. The molecule has 0 fully saturated rings. The second kappa shape index (κ2) is 4.12. The summed E-state index contributed by atoms with van der Waals surface area (Å²) in [5.41, 5.74) is 0. The van der Waals surface area contributed by atoms with Crippen LogP contribution in [0, 0.1) is 0 Å². The summed E-state index contributed by atoms with van der Waals surface area (Å²) < 4.78 is 23.4. The van der Waals surface area contributed by atoms with Crippen molar-refractivity contribution in [3.63, 3.8) is 0 Å². The molecule has 0 aliphatic heterocycles. The standard InChI is InChI=1S/C3H7ClO3S/c1-3(4)2-7-8(5)6/h3,8H,2H2,1H3. The molecular weight excluding hydrogens is 152 g/mol. The Kier molecular flexibility index (Phi) is 4.22. The molecule has 0 N–H and O–H groups in total. The van der Waals surface area contributed by atoms with Crippen LogP contribution in [0.5, 0.6) is 0 Å². The monoisotopic (exact) mass is 158 g/mol. The molecule has 0 aliphatic carbocycles. The predicted octanol–water partition coefficient (Wildman–Crippen LogP) is 0.157. The lowest BCUT2D eigenvalue weighted by molar-refractivity contribution is 0.335. The Hall–Kier alpha value is 0.200. The molecule has 0 amide bonds. The molecule has 0 heterocycles. The van der Waals surface area contributed by atoms with E-state index in [-0.39, 0.29) is 12.0 Å². The van der Waals surface area contributed by atoms with Gasteiger partial charge in [0.25, 0.3) is 11.0 Å². The second-order valence-corrected chi connectivity index (χ2v) is 2.75. The average Bonchev–Trinajstić information content (AvgIpc) is 1.61. The fourth-order valence-electron chi connectivity index (χ4n) is 0.164. The molecular formula is C3H7ClO3S. The van der Waals surface area contributed by atoms with Crippen molar-refractivity contribution in [1.29, 1.82) is 0 Å². The molecule has 0 aromatic heterocycles. The zero-order valence-electron chi connectivity index (χ0n) is 4.33. The molecule has 3 nitrogen and oxygen atoms in total. The minimum absolute atomic E-state index is 0.0558. The molecule has 8 heavy (non-hydrogen) atoms. The van der Waals surface area contributed by atoms with Gasteiger partial charge < -0.3 is 0 Å². The van der Waals surface area contributed by atoms with Crippen molar-refractivity contribution in [2.75, 3.05) is 6.61 Å². The van der Waals surface area contributed by atoms with E-state index in [1.165, 1.54) is 0 Å². The van der Waals surface area contributed by atoms with Crippen molar-refractivity contribution >= 4 is 22.6 Å². The molecule has 0 radical (unpaired) electrons.